The van der Waals surface area contributed by atoms with E-state index in [9.17, 15) is 9.59 Å². The lowest BCUT2D eigenvalue weighted by Crippen LogP contribution is -2.22. The van der Waals surface area contributed by atoms with Crippen LogP contribution < -0.4 is 5.32 Å². The van der Waals surface area contributed by atoms with Crippen molar-refractivity contribution in [1.82, 2.24) is 5.32 Å². The quantitative estimate of drug-likeness (QED) is 0.475. The van der Waals surface area contributed by atoms with Crippen LogP contribution in [-0.2, 0) is 14.3 Å². The summed E-state index contributed by atoms with van der Waals surface area (Å²) in [5, 5.41) is 4.73. The van der Waals surface area contributed by atoms with Crippen molar-refractivity contribution in [2.45, 2.75) is 26.7 Å². The number of nitrogens with one attached hydrogen (secondary N) is 1. The summed E-state index contributed by atoms with van der Waals surface area (Å²) < 4.78 is 4.79. The van der Waals surface area contributed by atoms with E-state index >= 15 is 0 Å². The summed E-state index contributed by atoms with van der Waals surface area (Å²) >= 11 is 1.60. The van der Waals surface area contributed by atoms with Gasteiger partial charge in [0.2, 0.25) is 5.91 Å². The second-order valence-electron chi connectivity index (χ2n) is 4.00. The van der Waals surface area contributed by atoms with Gasteiger partial charge in [-0.25, -0.2) is 0 Å². The highest BCUT2D eigenvalue weighted by molar-refractivity contribution is 7.11. The van der Waals surface area contributed by atoms with Gasteiger partial charge in [-0.2, -0.15) is 0 Å². The molecule has 19 heavy (non-hydrogen) atoms. The van der Waals surface area contributed by atoms with E-state index in [-0.39, 0.29) is 11.9 Å². The van der Waals surface area contributed by atoms with Crippen molar-refractivity contribution in [3.63, 3.8) is 0 Å². The highest BCUT2D eigenvalue weighted by Gasteiger charge is 2.02. The molecule has 1 heterocycles. The van der Waals surface area contributed by atoms with Gasteiger partial charge in [0.05, 0.1) is 6.61 Å². The van der Waals surface area contributed by atoms with Gasteiger partial charge in [0.15, 0.2) is 0 Å². The molecule has 0 unspecified atom stereocenters. The van der Waals surface area contributed by atoms with Crippen molar-refractivity contribution in [3.8, 4) is 0 Å². The van der Waals surface area contributed by atoms with Crippen LogP contribution in [0.4, 0.5) is 0 Å². The average molecular weight is 281 g/mol. The second-order valence-corrected chi connectivity index (χ2v) is 4.95. The third kappa shape index (κ3) is 6.20. The number of carbonyl (C=O) groups is 2. The molecule has 5 heteroatoms. The highest BCUT2D eigenvalue weighted by atomic mass is 32.1. The van der Waals surface area contributed by atoms with Crippen molar-refractivity contribution in [2.75, 3.05) is 13.2 Å². The summed E-state index contributed by atoms with van der Waals surface area (Å²) in [7, 11) is 0. The predicted octanol–water partition coefficient (Wildman–Crippen LogP) is 2.53. The van der Waals surface area contributed by atoms with E-state index in [4.69, 9.17) is 4.74 Å². The van der Waals surface area contributed by atoms with Gasteiger partial charge in [-0.1, -0.05) is 0 Å². The molecule has 104 valence electrons. The van der Waals surface area contributed by atoms with Gasteiger partial charge < -0.3 is 10.1 Å². The molecule has 1 aromatic heterocycles. The van der Waals surface area contributed by atoms with E-state index in [0.29, 0.717) is 26.0 Å². The summed E-state index contributed by atoms with van der Waals surface area (Å²) in [5.41, 5.74) is 1.16. The molecule has 1 N–H and O–H groups in total. The van der Waals surface area contributed by atoms with Crippen LogP contribution in [0.1, 0.15) is 30.2 Å². The Kier molecular flexibility index (Phi) is 6.89. The van der Waals surface area contributed by atoms with E-state index in [0.717, 1.165) is 10.4 Å². The monoisotopic (exact) mass is 281 g/mol. The third-order valence-electron chi connectivity index (χ3n) is 2.45. The van der Waals surface area contributed by atoms with Crippen LogP contribution in [0.2, 0.25) is 0 Å². The molecule has 0 aromatic carbocycles. The zero-order valence-electron chi connectivity index (χ0n) is 11.3. The SMILES string of the molecule is CCOC(=O)CCCNC(=O)C=Cc1sccc1C. The molecule has 1 aromatic rings. The van der Waals surface area contributed by atoms with Gasteiger partial charge in [-0.3, -0.25) is 9.59 Å². The van der Waals surface area contributed by atoms with Crippen LogP contribution in [0.15, 0.2) is 17.5 Å². The molecule has 0 atom stereocenters. The van der Waals surface area contributed by atoms with Gasteiger partial charge in [0.1, 0.15) is 0 Å². The average Bonchev–Trinajstić information content (AvgIpc) is 2.78. The number of ether oxygens (including phenoxy) is 1. The molecule has 0 aliphatic rings. The minimum atomic E-state index is -0.221. The molecule has 0 aliphatic carbocycles. The molecule has 1 rings (SSSR count). The fraction of sp³-hybridized carbons (Fsp3) is 0.429. The summed E-state index contributed by atoms with van der Waals surface area (Å²) in [6, 6.07) is 2.02. The smallest absolute Gasteiger partial charge is 0.305 e. The summed E-state index contributed by atoms with van der Waals surface area (Å²) in [6.45, 7) is 4.66. The molecule has 0 radical (unpaired) electrons. The van der Waals surface area contributed by atoms with E-state index < -0.39 is 0 Å². The van der Waals surface area contributed by atoms with E-state index in [1.165, 1.54) is 6.08 Å². The topological polar surface area (TPSA) is 55.4 Å². The second kappa shape index (κ2) is 8.48. The van der Waals surface area contributed by atoms with Gasteiger partial charge in [-0.15, -0.1) is 11.3 Å². The molecule has 0 spiro atoms. The first-order chi connectivity index (χ1) is 9.13. The van der Waals surface area contributed by atoms with Crippen LogP contribution in [0.25, 0.3) is 6.08 Å². The number of amides is 1. The molecular formula is C14H19NO3S. The molecule has 0 saturated carbocycles. The van der Waals surface area contributed by atoms with E-state index in [1.54, 1.807) is 24.3 Å². The normalized spacial score (nSPS) is 10.6. The Morgan fingerprint density at radius 3 is 2.89 bits per heavy atom. The maximum absolute atomic E-state index is 11.5. The van der Waals surface area contributed by atoms with Gasteiger partial charge in [-0.05, 0) is 43.4 Å². The van der Waals surface area contributed by atoms with Crippen molar-refractivity contribution >= 4 is 29.3 Å². The maximum Gasteiger partial charge on any atom is 0.305 e. The number of esters is 1. The Hall–Kier alpha value is -1.62. The molecule has 0 fully saturated rings. The first-order valence-corrected chi connectivity index (χ1v) is 7.17. The number of thiophene rings is 1. The Labute approximate surface area is 117 Å². The molecule has 0 bridgehead atoms. The van der Waals surface area contributed by atoms with Crippen molar-refractivity contribution in [3.05, 3.63) is 28.0 Å². The van der Waals surface area contributed by atoms with Gasteiger partial charge >= 0.3 is 5.97 Å². The zero-order chi connectivity index (χ0) is 14.1. The van der Waals surface area contributed by atoms with Crippen molar-refractivity contribution in [1.29, 1.82) is 0 Å². The lowest BCUT2D eigenvalue weighted by Gasteiger charge is -2.02. The number of hydrogen-bond donors (Lipinski definition) is 1. The molecular weight excluding hydrogens is 262 g/mol. The van der Waals surface area contributed by atoms with Crippen LogP contribution in [-0.4, -0.2) is 25.0 Å². The summed E-state index contributed by atoms with van der Waals surface area (Å²) in [6.07, 6.45) is 4.25. The lowest BCUT2D eigenvalue weighted by molar-refractivity contribution is -0.143. The summed E-state index contributed by atoms with van der Waals surface area (Å²) in [5.74, 6) is -0.363. The van der Waals surface area contributed by atoms with E-state index in [1.807, 2.05) is 18.4 Å². The Balaban J connectivity index is 2.20. The van der Waals surface area contributed by atoms with Gasteiger partial charge in [0, 0.05) is 23.9 Å². The van der Waals surface area contributed by atoms with Crippen molar-refractivity contribution < 1.29 is 14.3 Å². The van der Waals surface area contributed by atoms with E-state index in [2.05, 4.69) is 5.32 Å². The Bertz CT molecular complexity index is 451. The van der Waals surface area contributed by atoms with Crippen LogP contribution in [0.3, 0.4) is 0 Å². The van der Waals surface area contributed by atoms with Crippen molar-refractivity contribution in [2.24, 2.45) is 0 Å². The fourth-order valence-corrected chi connectivity index (χ4v) is 2.26. The van der Waals surface area contributed by atoms with Crippen LogP contribution in [0.5, 0.6) is 0 Å². The molecule has 4 nitrogen and oxygen atoms in total. The largest absolute Gasteiger partial charge is 0.466 e. The standard InChI is InChI=1S/C14H19NO3S/c1-3-18-14(17)5-4-9-15-13(16)7-6-12-11(2)8-10-19-12/h6-8,10H,3-5,9H2,1-2H3,(H,15,16). The van der Waals surface area contributed by atoms with Gasteiger partial charge in [0.25, 0.3) is 0 Å². The highest BCUT2D eigenvalue weighted by Crippen LogP contribution is 2.16. The number of aryl methyl sites for hydroxylation is 1. The zero-order valence-corrected chi connectivity index (χ0v) is 12.1. The maximum atomic E-state index is 11.5. The van der Waals surface area contributed by atoms with Crippen LogP contribution >= 0.6 is 11.3 Å². The summed E-state index contributed by atoms with van der Waals surface area (Å²) in [4.78, 5) is 23.7. The lowest BCUT2D eigenvalue weighted by atomic mass is 10.2. The first-order valence-electron chi connectivity index (χ1n) is 6.29. The number of hydrogen-bond acceptors (Lipinski definition) is 4. The molecule has 0 saturated heterocycles. The minimum Gasteiger partial charge on any atom is -0.466 e. The number of carbonyl (C=O) groups excluding carboxylic acids is 2. The Morgan fingerprint density at radius 1 is 1.47 bits per heavy atom. The third-order valence-corrected chi connectivity index (χ3v) is 3.43. The fourth-order valence-electron chi connectivity index (χ4n) is 1.44. The van der Waals surface area contributed by atoms with Crippen LogP contribution in [0, 0.1) is 6.92 Å². The minimum absolute atomic E-state index is 0.142. The molecule has 1 amide bonds. The molecule has 0 aliphatic heterocycles. The predicted molar refractivity (Wildman–Crippen MR) is 77.0 cm³/mol. The Morgan fingerprint density at radius 2 is 2.26 bits per heavy atom. The number of rotatable bonds is 7. The first kappa shape index (κ1) is 15.4.